The monoisotopic (exact) mass is 251 g/mol. The first kappa shape index (κ1) is 10.7. The van der Waals surface area contributed by atoms with Gasteiger partial charge in [0.15, 0.2) is 9.84 Å². The van der Waals surface area contributed by atoms with Crippen molar-refractivity contribution < 1.29 is 8.42 Å². The summed E-state index contributed by atoms with van der Waals surface area (Å²) in [7, 11) is -3.26. The molecule has 0 unspecified atom stereocenters. The van der Waals surface area contributed by atoms with E-state index in [0.29, 0.717) is 11.3 Å². The van der Waals surface area contributed by atoms with Crippen LogP contribution in [0.25, 0.3) is 11.0 Å². The first-order chi connectivity index (χ1) is 7.90. The number of nitrogens with zero attached hydrogens (tertiary/aromatic N) is 1. The van der Waals surface area contributed by atoms with Gasteiger partial charge in [0.2, 0.25) is 0 Å². The lowest BCUT2D eigenvalue weighted by Crippen LogP contribution is -2.20. The van der Waals surface area contributed by atoms with Crippen molar-refractivity contribution in [3.8, 4) is 0 Å². The molecule has 1 heterocycles. The third-order valence-corrected chi connectivity index (χ3v) is 4.26. The number of nitrogens with one attached hydrogen (secondary N) is 1. The van der Waals surface area contributed by atoms with E-state index in [1.165, 1.54) is 6.26 Å². The zero-order chi connectivity index (χ0) is 12.3. The first-order valence-electron chi connectivity index (χ1n) is 5.38. The topological polar surface area (TPSA) is 88.8 Å². The Morgan fingerprint density at radius 3 is 2.71 bits per heavy atom. The van der Waals surface area contributed by atoms with Crippen molar-refractivity contribution in [3.05, 3.63) is 24.0 Å². The Morgan fingerprint density at radius 1 is 1.41 bits per heavy atom. The zero-order valence-corrected chi connectivity index (χ0v) is 10.2. The number of H-pyrrole nitrogens is 1. The molecule has 0 atom stereocenters. The SMILES string of the molecule is CS(=O)(=O)c1cccc2[nH]c(C3(N)CC3)nc12. The Hall–Kier alpha value is -1.40. The van der Waals surface area contributed by atoms with Crippen LogP contribution in [0, 0.1) is 0 Å². The minimum Gasteiger partial charge on any atom is -0.340 e. The Bertz CT molecular complexity index is 699. The summed E-state index contributed by atoms with van der Waals surface area (Å²) in [4.78, 5) is 7.71. The van der Waals surface area contributed by atoms with Crippen LogP contribution in [0.1, 0.15) is 18.7 Å². The molecule has 90 valence electrons. The van der Waals surface area contributed by atoms with Crippen molar-refractivity contribution in [1.82, 2.24) is 9.97 Å². The maximum atomic E-state index is 11.6. The average molecular weight is 251 g/mol. The molecule has 1 aromatic carbocycles. The van der Waals surface area contributed by atoms with Crippen LogP contribution in [0.5, 0.6) is 0 Å². The number of benzene rings is 1. The summed E-state index contributed by atoms with van der Waals surface area (Å²) < 4.78 is 23.3. The Balaban J connectivity index is 2.29. The molecular weight excluding hydrogens is 238 g/mol. The molecular formula is C11H13N3O2S. The van der Waals surface area contributed by atoms with Crippen molar-refractivity contribution in [2.24, 2.45) is 5.73 Å². The summed E-state index contributed by atoms with van der Waals surface area (Å²) >= 11 is 0. The molecule has 1 saturated carbocycles. The summed E-state index contributed by atoms with van der Waals surface area (Å²) in [6.45, 7) is 0. The minimum absolute atomic E-state index is 0.252. The van der Waals surface area contributed by atoms with E-state index < -0.39 is 9.84 Å². The van der Waals surface area contributed by atoms with Crippen molar-refractivity contribution >= 4 is 20.9 Å². The van der Waals surface area contributed by atoms with Crippen LogP contribution in [0.2, 0.25) is 0 Å². The van der Waals surface area contributed by atoms with E-state index in [1.807, 2.05) is 6.07 Å². The van der Waals surface area contributed by atoms with Gasteiger partial charge < -0.3 is 10.7 Å². The minimum atomic E-state index is -3.26. The number of sulfone groups is 1. The number of aromatic nitrogens is 2. The predicted octanol–water partition coefficient (Wildman–Crippen LogP) is 0.914. The van der Waals surface area contributed by atoms with Crippen molar-refractivity contribution in [1.29, 1.82) is 0 Å². The Labute approximate surface area is 99.0 Å². The fraction of sp³-hybridized carbons (Fsp3) is 0.364. The molecule has 0 bridgehead atoms. The molecule has 0 radical (unpaired) electrons. The summed E-state index contributed by atoms with van der Waals surface area (Å²) in [5, 5.41) is 0. The molecule has 17 heavy (non-hydrogen) atoms. The molecule has 3 rings (SSSR count). The largest absolute Gasteiger partial charge is 0.340 e. The number of imidazole rings is 1. The second kappa shape index (κ2) is 3.08. The highest BCUT2D eigenvalue weighted by Gasteiger charge is 2.43. The summed E-state index contributed by atoms with van der Waals surface area (Å²) in [5.74, 6) is 0.684. The van der Waals surface area contributed by atoms with Crippen molar-refractivity contribution in [3.63, 3.8) is 0 Å². The lowest BCUT2D eigenvalue weighted by Gasteiger charge is -2.01. The summed E-state index contributed by atoms with van der Waals surface area (Å²) in [6.07, 6.45) is 2.97. The molecule has 1 aromatic heterocycles. The van der Waals surface area contributed by atoms with Gasteiger partial charge in [-0.05, 0) is 25.0 Å². The molecule has 6 heteroatoms. The number of rotatable bonds is 2. The van der Waals surface area contributed by atoms with E-state index in [-0.39, 0.29) is 10.4 Å². The molecule has 1 aliphatic rings. The maximum Gasteiger partial charge on any atom is 0.177 e. The highest BCUT2D eigenvalue weighted by molar-refractivity contribution is 7.91. The van der Waals surface area contributed by atoms with E-state index in [1.54, 1.807) is 12.1 Å². The van der Waals surface area contributed by atoms with Crippen LogP contribution in [-0.2, 0) is 15.4 Å². The van der Waals surface area contributed by atoms with Crippen molar-refractivity contribution in [2.45, 2.75) is 23.3 Å². The second-order valence-electron chi connectivity index (χ2n) is 4.67. The van der Waals surface area contributed by atoms with Crippen LogP contribution in [0.4, 0.5) is 0 Å². The van der Waals surface area contributed by atoms with Crippen LogP contribution >= 0.6 is 0 Å². The van der Waals surface area contributed by atoms with Gasteiger partial charge in [0.1, 0.15) is 11.3 Å². The maximum absolute atomic E-state index is 11.6. The molecule has 3 N–H and O–H groups in total. The van der Waals surface area contributed by atoms with Crippen LogP contribution < -0.4 is 5.73 Å². The molecule has 0 spiro atoms. The lowest BCUT2D eigenvalue weighted by atomic mass is 10.3. The number of para-hydroxylation sites is 1. The fourth-order valence-corrected chi connectivity index (χ4v) is 2.74. The standard InChI is InChI=1S/C11H13N3O2S/c1-17(15,16)8-4-2-3-7-9(8)14-10(13-7)11(12)5-6-11/h2-4H,5-6,12H2,1H3,(H,13,14). The normalized spacial score (nSPS) is 18.5. The Morgan fingerprint density at radius 2 is 2.12 bits per heavy atom. The second-order valence-corrected chi connectivity index (χ2v) is 6.65. The van der Waals surface area contributed by atoms with E-state index in [0.717, 1.165) is 18.4 Å². The molecule has 5 nitrogen and oxygen atoms in total. The smallest absolute Gasteiger partial charge is 0.177 e. The number of hydrogen-bond donors (Lipinski definition) is 2. The van der Waals surface area contributed by atoms with Crippen LogP contribution in [-0.4, -0.2) is 24.6 Å². The van der Waals surface area contributed by atoms with E-state index in [2.05, 4.69) is 9.97 Å². The Kier molecular flexibility index (Phi) is 1.95. The van der Waals surface area contributed by atoms with Gasteiger partial charge in [-0.15, -0.1) is 0 Å². The van der Waals surface area contributed by atoms with E-state index in [9.17, 15) is 8.42 Å². The van der Waals surface area contributed by atoms with Gasteiger partial charge in [-0.1, -0.05) is 6.07 Å². The van der Waals surface area contributed by atoms with Gasteiger partial charge in [0.05, 0.1) is 16.0 Å². The molecule has 1 aliphatic carbocycles. The van der Waals surface area contributed by atoms with Gasteiger partial charge in [-0.3, -0.25) is 0 Å². The van der Waals surface area contributed by atoms with Crippen LogP contribution in [0.15, 0.2) is 23.1 Å². The number of hydrogen-bond acceptors (Lipinski definition) is 4. The van der Waals surface area contributed by atoms with Gasteiger partial charge >= 0.3 is 0 Å². The molecule has 2 aromatic rings. The molecule has 0 amide bonds. The van der Waals surface area contributed by atoms with Crippen LogP contribution in [0.3, 0.4) is 0 Å². The van der Waals surface area contributed by atoms with Crippen molar-refractivity contribution in [2.75, 3.05) is 6.26 Å². The van der Waals surface area contributed by atoms with Gasteiger partial charge in [-0.2, -0.15) is 0 Å². The molecule has 0 aliphatic heterocycles. The number of nitrogens with two attached hydrogens (primary N) is 1. The number of aromatic amines is 1. The number of fused-ring (bicyclic) bond motifs is 1. The highest BCUT2D eigenvalue weighted by Crippen LogP contribution is 2.41. The van der Waals surface area contributed by atoms with Gasteiger partial charge in [0.25, 0.3) is 0 Å². The molecule has 1 fully saturated rings. The van der Waals surface area contributed by atoms with Gasteiger partial charge in [0, 0.05) is 6.26 Å². The quantitative estimate of drug-likeness (QED) is 0.830. The average Bonchev–Trinajstić information content (AvgIpc) is 2.84. The third kappa shape index (κ3) is 1.64. The summed E-state index contributed by atoms with van der Waals surface area (Å²) in [5.41, 5.74) is 6.88. The fourth-order valence-electron chi connectivity index (χ4n) is 1.91. The van der Waals surface area contributed by atoms with E-state index >= 15 is 0 Å². The first-order valence-corrected chi connectivity index (χ1v) is 7.27. The predicted molar refractivity (Wildman–Crippen MR) is 64.3 cm³/mol. The van der Waals surface area contributed by atoms with Gasteiger partial charge in [-0.25, -0.2) is 13.4 Å². The van der Waals surface area contributed by atoms with E-state index in [4.69, 9.17) is 5.73 Å². The highest BCUT2D eigenvalue weighted by atomic mass is 32.2. The zero-order valence-electron chi connectivity index (χ0n) is 9.40. The summed E-state index contributed by atoms with van der Waals surface area (Å²) in [6, 6.07) is 5.08. The molecule has 0 saturated heterocycles. The lowest BCUT2D eigenvalue weighted by molar-refractivity contribution is 0.602. The third-order valence-electron chi connectivity index (χ3n) is 3.14.